The van der Waals surface area contributed by atoms with Crippen molar-refractivity contribution in [3.63, 3.8) is 0 Å². The smallest absolute Gasteiger partial charge is 0.235 e. The van der Waals surface area contributed by atoms with Crippen LogP contribution in [0, 0.1) is 13.8 Å². The van der Waals surface area contributed by atoms with Crippen molar-refractivity contribution in [3.05, 3.63) is 45.8 Å². The first-order valence-electron chi connectivity index (χ1n) is 6.45. The first-order chi connectivity index (χ1) is 9.43. The molecular formula is C15H15ClN2O2. The Morgan fingerprint density at radius 2 is 2.15 bits per heavy atom. The Morgan fingerprint density at radius 1 is 1.40 bits per heavy atom. The van der Waals surface area contributed by atoms with Gasteiger partial charge in [0, 0.05) is 21.8 Å². The molecule has 0 aliphatic carbocycles. The zero-order valence-corrected chi connectivity index (χ0v) is 12.3. The molecule has 1 unspecified atom stereocenters. The standard InChI is InChI=1S/C15H15ClN2O2/c1-8-10(9(2)20-18-8)7-15(3)13-11(16)5-4-6-12(13)17-14(15)19/h4-6H,7H2,1-3H3,(H,17,19). The number of nitrogens with zero attached hydrogens (tertiary/aromatic N) is 1. The van der Waals surface area contributed by atoms with Gasteiger partial charge in [-0.2, -0.15) is 0 Å². The summed E-state index contributed by atoms with van der Waals surface area (Å²) in [6.45, 7) is 5.65. The quantitative estimate of drug-likeness (QED) is 0.922. The number of nitrogens with one attached hydrogen (secondary N) is 1. The number of amides is 1. The lowest BCUT2D eigenvalue weighted by molar-refractivity contribution is -0.120. The molecule has 2 heterocycles. The molecule has 3 rings (SSSR count). The highest BCUT2D eigenvalue weighted by Gasteiger charge is 2.45. The summed E-state index contributed by atoms with van der Waals surface area (Å²) in [6.07, 6.45) is 0.525. The van der Waals surface area contributed by atoms with Crippen molar-refractivity contribution in [1.82, 2.24) is 5.16 Å². The molecule has 104 valence electrons. The van der Waals surface area contributed by atoms with Crippen molar-refractivity contribution in [3.8, 4) is 0 Å². The molecule has 0 bridgehead atoms. The number of hydrogen-bond donors (Lipinski definition) is 1. The second-order valence-electron chi connectivity index (χ2n) is 5.43. The van der Waals surface area contributed by atoms with Crippen molar-refractivity contribution >= 4 is 23.2 Å². The van der Waals surface area contributed by atoms with Crippen LogP contribution in [-0.2, 0) is 16.6 Å². The fraction of sp³-hybridized carbons (Fsp3) is 0.333. The number of rotatable bonds is 2. The summed E-state index contributed by atoms with van der Waals surface area (Å²) in [5.74, 6) is 0.706. The van der Waals surface area contributed by atoms with Gasteiger partial charge < -0.3 is 9.84 Å². The number of anilines is 1. The van der Waals surface area contributed by atoms with E-state index in [1.165, 1.54) is 0 Å². The Balaban J connectivity index is 2.12. The minimum Gasteiger partial charge on any atom is -0.361 e. The maximum atomic E-state index is 12.4. The Hall–Kier alpha value is -1.81. The van der Waals surface area contributed by atoms with Crippen LogP contribution in [-0.4, -0.2) is 11.1 Å². The van der Waals surface area contributed by atoms with Crippen molar-refractivity contribution in [2.24, 2.45) is 0 Å². The van der Waals surface area contributed by atoms with Crippen molar-refractivity contribution in [2.45, 2.75) is 32.6 Å². The number of carbonyl (C=O) groups excluding carboxylic acids is 1. The normalized spacial score (nSPS) is 20.9. The largest absolute Gasteiger partial charge is 0.361 e. The molecular weight excluding hydrogens is 276 g/mol. The van der Waals surface area contributed by atoms with E-state index in [0.29, 0.717) is 11.4 Å². The van der Waals surface area contributed by atoms with Crippen LogP contribution in [0.2, 0.25) is 5.02 Å². The summed E-state index contributed by atoms with van der Waals surface area (Å²) < 4.78 is 5.19. The van der Waals surface area contributed by atoms with Crippen LogP contribution in [0.3, 0.4) is 0 Å². The number of aryl methyl sites for hydroxylation is 2. The van der Waals surface area contributed by atoms with Gasteiger partial charge in [-0.25, -0.2) is 0 Å². The summed E-state index contributed by atoms with van der Waals surface area (Å²) in [5.41, 5.74) is 2.73. The van der Waals surface area contributed by atoms with E-state index < -0.39 is 5.41 Å². The molecule has 1 atom stereocenters. The van der Waals surface area contributed by atoms with Crippen molar-refractivity contribution < 1.29 is 9.32 Å². The molecule has 2 aromatic rings. The van der Waals surface area contributed by atoms with E-state index in [4.69, 9.17) is 16.1 Å². The number of carbonyl (C=O) groups is 1. The molecule has 0 spiro atoms. The zero-order valence-electron chi connectivity index (χ0n) is 11.6. The van der Waals surface area contributed by atoms with Gasteiger partial charge in [-0.05, 0) is 39.3 Å². The highest BCUT2D eigenvalue weighted by Crippen LogP contribution is 2.44. The first kappa shape index (κ1) is 13.2. The SMILES string of the molecule is Cc1noc(C)c1CC1(C)C(=O)Nc2cccc(Cl)c21. The Labute approximate surface area is 122 Å². The molecule has 0 fully saturated rings. The highest BCUT2D eigenvalue weighted by molar-refractivity contribution is 6.33. The van der Waals surface area contributed by atoms with Gasteiger partial charge in [-0.3, -0.25) is 4.79 Å². The van der Waals surface area contributed by atoms with Crippen molar-refractivity contribution in [2.75, 3.05) is 5.32 Å². The van der Waals surface area contributed by atoms with Crippen LogP contribution in [0.1, 0.15) is 29.5 Å². The lowest BCUT2D eigenvalue weighted by Gasteiger charge is -2.23. The number of benzene rings is 1. The second-order valence-corrected chi connectivity index (χ2v) is 5.84. The van der Waals surface area contributed by atoms with E-state index in [-0.39, 0.29) is 5.91 Å². The molecule has 5 heteroatoms. The lowest BCUT2D eigenvalue weighted by atomic mass is 9.78. The summed E-state index contributed by atoms with van der Waals surface area (Å²) in [7, 11) is 0. The topological polar surface area (TPSA) is 55.1 Å². The summed E-state index contributed by atoms with van der Waals surface area (Å²) in [4.78, 5) is 12.4. The van der Waals surface area contributed by atoms with Gasteiger partial charge >= 0.3 is 0 Å². The van der Waals surface area contributed by atoms with Crippen LogP contribution in [0.25, 0.3) is 0 Å². The Morgan fingerprint density at radius 3 is 2.80 bits per heavy atom. The minimum atomic E-state index is -0.700. The Kier molecular flexibility index (Phi) is 2.87. The van der Waals surface area contributed by atoms with Gasteiger partial charge in [0.05, 0.1) is 11.1 Å². The maximum Gasteiger partial charge on any atom is 0.235 e. The average molecular weight is 291 g/mol. The van der Waals surface area contributed by atoms with Crippen LogP contribution in [0.4, 0.5) is 5.69 Å². The maximum absolute atomic E-state index is 12.4. The molecule has 0 radical (unpaired) electrons. The monoisotopic (exact) mass is 290 g/mol. The molecule has 20 heavy (non-hydrogen) atoms. The molecule has 1 aliphatic rings. The number of fused-ring (bicyclic) bond motifs is 1. The predicted octanol–water partition coefficient (Wildman–Crippen LogP) is 3.40. The molecule has 1 N–H and O–H groups in total. The lowest BCUT2D eigenvalue weighted by Crippen LogP contribution is -2.34. The molecule has 0 saturated carbocycles. The number of halogens is 1. The van der Waals surface area contributed by atoms with Crippen LogP contribution < -0.4 is 5.32 Å². The van der Waals surface area contributed by atoms with Crippen LogP contribution in [0.5, 0.6) is 0 Å². The fourth-order valence-corrected chi connectivity index (χ4v) is 3.22. The molecule has 1 aromatic carbocycles. The summed E-state index contributed by atoms with van der Waals surface area (Å²) >= 11 is 6.31. The van der Waals surface area contributed by atoms with E-state index in [1.54, 1.807) is 0 Å². The number of hydrogen-bond acceptors (Lipinski definition) is 3. The zero-order chi connectivity index (χ0) is 14.5. The fourth-order valence-electron chi connectivity index (χ4n) is 2.84. The first-order valence-corrected chi connectivity index (χ1v) is 6.83. The van der Waals surface area contributed by atoms with Crippen LogP contribution in [0.15, 0.2) is 22.7 Å². The minimum absolute atomic E-state index is 0.0411. The van der Waals surface area contributed by atoms with Gasteiger partial charge in [0.2, 0.25) is 5.91 Å². The van der Waals surface area contributed by atoms with Gasteiger partial charge in [-0.15, -0.1) is 0 Å². The van der Waals surface area contributed by atoms with E-state index in [0.717, 1.165) is 28.3 Å². The van der Waals surface area contributed by atoms with Crippen molar-refractivity contribution in [1.29, 1.82) is 0 Å². The van der Waals surface area contributed by atoms with E-state index in [1.807, 2.05) is 39.0 Å². The second kappa shape index (κ2) is 4.35. The Bertz CT molecular complexity index is 688. The van der Waals surface area contributed by atoms with Gasteiger partial charge in [0.15, 0.2) is 0 Å². The predicted molar refractivity (Wildman–Crippen MR) is 77.1 cm³/mol. The molecule has 4 nitrogen and oxygen atoms in total. The molecule has 0 saturated heterocycles. The van der Waals surface area contributed by atoms with E-state index in [9.17, 15) is 4.79 Å². The average Bonchev–Trinajstić information content (AvgIpc) is 2.83. The third-order valence-electron chi connectivity index (χ3n) is 4.03. The third kappa shape index (κ3) is 1.75. The third-order valence-corrected chi connectivity index (χ3v) is 4.34. The van der Waals surface area contributed by atoms with Gasteiger partial charge in [0.1, 0.15) is 5.76 Å². The number of aromatic nitrogens is 1. The van der Waals surface area contributed by atoms with Gasteiger partial charge in [-0.1, -0.05) is 22.8 Å². The van der Waals surface area contributed by atoms with E-state index in [2.05, 4.69) is 10.5 Å². The molecule has 1 aliphatic heterocycles. The molecule has 1 aromatic heterocycles. The van der Waals surface area contributed by atoms with E-state index >= 15 is 0 Å². The summed E-state index contributed by atoms with van der Waals surface area (Å²) in [6, 6.07) is 5.52. The highest BCUT2D eigenvalue weighted by atomic mass is 35.5. The van der Waals surface area contributed by atoms with Crippen LogP contribution >= 0.6 is 11.6 Å². The summed E-state index contributed by atoms with van der Waals surface area (Å²) in [5, 5.41) is 7.47. The van der Waals surface area contributed by atoms with Gasteiger partial charge in [0.25, 0.3) is 0 Å². The molecule has 1 amide bonds.